The Labute approximate surface area is 177 Å². The van der Waals surface area contributed by atoms with E-state index in [0.717, 1.165) is 28.0 Å². The number of hydrogen-bond donors (Lipinski definition) is 1. The first-order valence-corrected chi connectivity index (χ1v) is 11.3. The molecule has 1 amide bonds. The molecule has 0 saturated carbocycles. The fourth-order valence-electron chi connectivity index (χ4n) is 2.53. The normalized spacial score (nSPS) is 11.6. The van der Waals surface area contributed by atoms with Gasteiger partial charge < -0.3 is 0 Å². The van der Waals surface area contributed by atoms with Gasteiger partial charge >= 0.3 is 0 Å². The van der Waals surface area contributed by atoms with Crippen molar-refractivity contribution < 1.29 is 13.2 Å². The van der Waals surface area contributed by atoms with Crippen molar-refractivity contribution in [2.75, 3.05) is 0 Å². The Balaban J connectivity index is 1.76. The van der Waals surface area contributed by atoms with Crippen LogP contribution >= 0.6 is 34.5 Å². The van der Waals surface area contributed by atoms with Crippen LogP contribution in [0.1, 0.15) is 16.7 Å². The molecule has 0 spiro atoms. The average Bonchev–Trinajstić information content (AvgIpc) is 3.19. The summed E-state index contributed by atoms with van der Waals surface area (Å²) in [5.41, 5.74) is 2.63. The van der Waals surface area contributed by atoms with Crippen LogP contribution in [0.2, 0.25) is 10.0 Å². The minimum Gasteiger partial charge on any atom is -0.269 e. The van der Waals surface area contributed by atoms with E-state index in [1.54, 1.807) is 29.7 Å². The molecule has 0 radical (unpaired) electrons. The first-order valence-electron chi connectivity index (χ1n) is 8.15. The molecule has 0 aliphatic carbocycles. The van der Waals surface area contributed by atoms with Gasteiger partial charge in [0.25, 0.3) is 15.9 Å². The highest BCUT2D eigenvalue weighted by molar-refractivity contribution is 7.92. The van der Waals surface area contributed by atoms with Gasteiger partial charge in [0.2, 0.25) is 0 Å². The van der Waals surface area contributed by atoms with E-state index in [4.69, 9.17) is 23.2 Å². The Morgan fingerprint density at radius 3 is 2.54 bits per heavy atom. The molecular weight excluding hydrogens is 437 g/mol. The van der Waals surface area contributed by atoms with Crippen LogP contribution in [-0.4, -0.2) is 14.3 Å². The zero-order chi connectivity index (χ0) is 20.1. The summed E-state index contributed by atoms with van der Waals surface area (Å²) in [5, 5.41) is 2.75. The van der Waals surface area contributed by atoms with Gasteiger partial charge in [-0.05, 0) is 52.8 Å². The molecule has 1 heterocycles. The molecule has 0 atom stereocenters. The first kappa shape index (κ1) is 20.6. The highest BCUT2D eigenvalue weighted by Crippen LogP contribution is 2.25. The number of sulfonamides is 1. The van der Waals surface area contributed by atoms with Gasteiger partial charge in [-0.15, -0.1) is 11.3 Å². The first-order chi connectivity index (χ1) is 13.3. The summed E-state index contributed by atoms with van der Waals surface area (Å²) in [6.07, 6.45) is 3.33. The Morgan fingerprint density at radius 2 is 1.82 bits per heavy atom. The molecule has 2 aromatic carbocycles. The van der Waals surface area contributed by atoms with Crippen molar-refractivity contribution in [3.05, 3.63) is 92.8 Å². The standard InChI is InChI=1S/C20H15Cl2NO3S2/c21-17-9-7-16(18(22)13-17)12-15-5-2-1-4-14(15)8-10-19(24)23-28(25,26)20-6-3-11-27-20/h1-11,13H,12H2,(H,23,24)/b10-8+. The zero-order valence-corrected chi connectivity index (χ0v) is 17.6. The second-order valence-corrected chi connectivity index (χ2v) is 9.55. The van der Waals surface area contributed by atoms with E-state index in [1.807, 2.05) is 35.1 Å². The lowest BCUT2D eigenvalue weighted by atomic mass is 9.99. The summed E-state index contributed by atoms with van der Waals surface area (Å²) >= 11 is 13.2. The Bertz CT molecular complexity index is 1120. The highest BCUT2D eigenvalue weighted by atomic mass is 35.5. The summed E-state index contributed by atoms with van der Waals surface area (Å²) in [4.78, 5) is 12.1. The summed E-state index contributed by atoms with van der Waals surface area (Å²) in [7, 11) is -3.85. The molecule has 28 heavy (non-hydrogen) atoms. The molecular formula is C20H15Cl2NO3S2. The minimum absolute atomic E-state index is 0.0898. The summed E-state index contributed by atoms with van der Waals surface area (Å²) in [6, 6.07) is 15.8. The molecule has 0 fully saturated rings. The fraction of sp³-hybridized carbons (Fsp3) is 0.0500. The zero-order valence-electron chi connectivity index (χ0n) is 14.4. The number of amides is 1. The van der Waals surface area contributed by atoms with Crippen molar-refractivity contribution in [2.45, 2.75) is 10.6 Å². The third-order valence-corrected chi connectivity index (χ3v) is 7.19. The molecule has 0 bridgehead atoms. The Morgan fingerprint density at radius 1 is 1.04 bits per heavy atom. The van der Waals surface area contributed by atoms with E-state index in [1.165, 1.54) is 12.1 Å². The van der Waals surface area contributed by atoms with E-state index in [0.29, 0.717) is 16.5 Å². The monoisotopic (exact) mass is 451 g/mol. The molecule has 3 aromatic rings. The number of benzene rings is 2. The van der Waals surface area contributed by atoms with Gasteiger partial charge in [0.05, 0.1) is 0 Å². The molecule has 1 aromatic heterocycles. The number of rotatable bonds is 6. The highest BCUT2D eigenvalue weighted by Gasteiger charge is 2.17. The predicted molar refractivity (Wildman–Crippen MR) is 114 cm³/mol. The molecule has 3 rings (SSSR count). The van der Waals surface area contributed by atoms with Crippen molar-refractivity contribution in [3.8, 4) is 0 Å². The van der Waals surface area contributed by atoms with Crippen molar-refractivity contribution in [2.24, 2.45) is 0 Å². The molecule has 0 aliphatic heterocycles. The summed E-state index contributed by atoms with van der Waals surface area (Å²) < 4.78 is 26.3. The van der Waals surface area contributed by atoms with Crippen molar-refractivity contribution in [3.63, 3.8) is 0 Å². The smallest absolute Gasteiger partial charge is 0.269 e. The van der Waals surface area contributed by atoms with Gasteiger partial charge in [-0.3, -0.25) is 4.79 Å². The number of hydrogen-bond acceptors (Lipinski definition) is 4. The lowest BCUT2D eigenvalue weighted by molar-refractivity contribution is -0.114. The minimum atomic E-state index is -3.85. The molecule has 0 unspecified atom stereocenters. The van der Waals surface area contributed by atoms with Crippen LogP contribution in [0.15, 0.2) is 70.3 Å². The largest absolute Gasteiger partial charge is 0.273 e. The van der Waals surface area contributed by atoms with Crippen LogP contribution in [0.4, 0.5) is 0 Å². The van der Waals surface area contributed by atoms with Crippen LogP contribution < -0.4 is 4.72 Å². The molecule has 4 nitrogen and oxygen atoms in total. The number of nitrogens with one attached hydrogen (secondary N) is 1. The van der Waals surface area contributed by atoms with E-state index in [9.17, 15) is 13.2 Å². The van der Waals surface area contributed by atoms with Gasteiger partial charge in [-0.25, -0.2) is 13.1 Å². The van der Waals surface area contributed by atoms with Crippen molar-refractivity contribution in [1.29, 1.82) is 0 Å². The van der Waals surface area contributed by atoms with Gasteiger partial charge in [0.1, 0.15) is 4.21 Å². The third-order valence-electron chi connectivity index (χ3n) is 3.86. The Kier molecular flexibility index (Phi) is 6.57. The van der Waals surface area contributed by atoms with Gasteiger partial charge in [-0.2, -0.15) is 0 Å². The Hall–Kier alpha value is -2.12. The number of carbonyl (C=O) groups excluding carboxylic acids is 1. The number of carbonyl (C=O) groups is 1. The van der Waals surface area contributed by atoms with Gasteiger partial charge in [-0.1, -0.05) is 59.6 Å². The van der Waals surface area contributed by atoms with Crippen LogP contribution in [0.25, 0.3) is 6.08 Å². The maximum Gasteiger partial charge on any atom is 0.273 e. The van der Waals surface area contributed by atoms with Crippen molar-refractivity contribution in [1.82, 2.24) is 4.72 Å². The maximum atomic E-state index is 12.1. The molecule has 1 N–H and O–H groups in total. The molecule has 8 heteroatoms. The third kappa shape index (κ3) is 5.23. The summed E-state index contributed by atoms with van der Waals surface area (Å²) in [6.45, 7) is 0. The van der Waals surface area contributed by atoms with Crippen molar-refractivity contribution >= 4 is 56.5 Å². The van der Waals surface area contributed by atoms with Gasteiger partial charge in [0.15, 0.2) is 0 Å². The SMILES string of the molecule is O=C(/C=C/c1ccccc1Cc1ccc(Cl)cc1Cl)NS(=O)(=O)c1cccs1. The molecule has 144 valence electrons. The number of thiophene rings is 1. The van der Waals surface area contributed by atoms with Crippen LogP contribution in [0.5, 0.6) is 0 Å². The maximum absolute atomic E-state index is 12.1. The molecule has 0 saturated heterocycles. The quantitative estimate of drug-likeness (QED) is 0.526. The number of halogens is 2. The van der Waals surface area contributed by atoms with Crippen LogP contribution in [0, 0.1) is 0 Å². The van der Waals surface area contributed by atoms with Crippen LogP contribution in [-0.2, 0) is 21.2 Å². The van der Waals surface area contributed by atoms with E-state index in [2.05, 4.69) is 0 Å². The van der Waals surface area contributed by atoms with Gasteiger partial charge in [0, 0.05) is 16.1 Å². The van der Waals surface area contributed by atoms with E-state index >= 15 is 0 Å². The summed E-state index contributed by atoms with van der Waals surface area (Å²) in [5.74, 6) is -0.715. The lowest BCUT2D eigenvalue weighted by Gasteiger charge is -2.08. The molecule has 0 aliphatic rings. The predicted octanol–water partition coefficient (Wildman–Crippen LogP) is 5.16. The second-order valence-electron chi connectivity index (χ2n) is 5.85. The lowest BCUT2D eigenvalue weighted by Crippen LogP contribution is -2.28. The topological polar surface area (TPSA) is 63.2 Å². The second kappa shape index (κ2) is 8.92. The van der Waals surface area contributed by atoms with E-state index in [-0.39, 0.29) is 4.21 Å². The van der Waals surface area contributed by atoms with E-state index < -0.39 is 15.9 Å². The average molecular weight is 452 g/mol. The fourth-order valence-corrected chi connectivity index (χ4v) is 4.94. The van der Waals surface area contributed by atoms with Crippen LogP contribution in [0.3, 0.4) is 0 Å².